The molecule has 2 aromatic rings. The number of imidazole rings is 1. The molecule has 2 heterocycles. The predicted octanol–water partition coefficient (Wildman–Crippen LogP) is 2.91. The molecule has 0 bridgehead atoms. The summed E-state index contributed by atoms with van der Waals surface area (Å²) in [6, 6.07) is 3.64. The van der Waals surface area contributed by atoms with Crippen molar-refractivity contribution in [2.75, 3.05) is 13.2 Å². The molecule has 100 valence electrons. The van der Waals surface area contributed by atoms with Crippen molar-refractivity contribution in [2.45, 2.75) is 13.8 Å². The maximum Gasteiger partial charge on any atom is 0.405 e. The topological polar surface area (TPSA) is 52.8 Å². The highest BCUT2D eigenvalue weighted by molar-refractivity contribution is 7.59. The lowest BCUT2D eigenvalue weighted by atomic mass is 10.3. The number of pyridine rings is 1. The SMILES string of the molecule is CCOP(=O)(C#Cc1ccn2ccnc2c1)OCC. The Balaban J connectivity index is 2.28. The first-order valence-electron chi connectivity index (χ1n) is 6.02. The van der Waals surface area contributed by atoms with Crippen molar-refractivity contribution in [3.63, 3.8) is 0 Å². The summed E-state index contributed by atoms with van der Waals surface area (Å²) in [6.45, 7) is 4.10. The number of aromatic nitrogens is 2. The first-order chi connectivity index (χ1) is 9.17. The summed E-state index contributed by atoms with van der Waals surface area (Å²) in [4.78, 5) is 4.16. The standard InChI is InChI=1S/C13H15N2O3P/c1-3-17-19(16,18-4-2)10-6-12-5-8-15-9-7-14-13(15)11-12/h5,7-9,11H,3-4H2,1-2H3. The lowest BCUT2D eigenvalue weighted by molar-refractivity contribution is 0.230. The van der Waals surface area contributed by atoms with Gasteiger partial charge in [-0.3, -0.25) is 9.05 Å². The molecule has 0 aliphatic heterocycles. The van der Waals surface area contributed by atoms with Crippen LogP contribution < -0.4 is 0 Å². The monoisotopic (exact) mass is 278 g/mol. The summed E-state index contributed by atoms with van der Waals surface area (Å²) in [5.41, 5.74) is 4.10. The van der Waals surface area contributed by atoms with E-state index in [-0.39, 0.29) is 0 Å². The van der Waals surface area contributed by atoms with Gasteiger partial charge in [0.15, 0.2) is 0 Å². The zero-order chi connectivity index (χ0) is 13.7. The Hall–Kier alpha value is -1.60. The minimum atomic E-state index is -3.32. The molecule has 0 aromatic carbocycles. The quantitative estimate of drug-likeness (QED) is 0.637. The van der Waals surface area contributed by atoms with Crippen LogP contribution in [0.3, 0.4) is 0 Å². The summed E-state index contributed by atoms with van der Waals surface area (Å²) >= 11 is 0. The maximum atomic E-state index is 12.2. The van der Waals surface area contributed by atoms with Gasteiger partial charge in [0.2, 0.25) is 0 Å². The fourth-order valence-electron chi connectivity index (χ4n) is 1.56. The fraction of sp³-hybridized carbons (Fsp3) is 0.308. The largest absolute Gasteiger partial charge is 0.405 e. The molecule has 2 rings (SSSR count). The smallest absolute Gasteiger partial charge is 0.307 e. The van der Waals surface area contributed by atoms with Crippen LogP contribution in [0.4, 0.5) is 0 Å². The normalized spacial score (nSPS) is 11.3. The van der Waals surface area contributed by atoms with Gasteiger partial charge < -0.3 is 4.40 Å². The summed E-state index contributed by atoms with van der Waals surface area (Å²) in [5.74, 6) is 2.82. The van der Waals surface area contributed by atoms with Gasteiger partial charge in [-0.2, -0.15) is 0 Å². The van der Waals surface area contributed by atoms with E-state index in [4.69, 9.17) is 9.05 Å². The zero-order valence-electron chi connectivity index (χ0n) is 10.9. The lowest BCUT2D eigenvalue weighted by Crippen LogP contribution is -1.93. The number of rotatable bonds is 4. The van der Waals surface area contributed by atoms with E-state index in [1.807, 2.05) is 28.9 Å². The minimum Gasteiger partial charge on any atom is -0.307 e. The molecule has 0 fully saturated rings. The van der Waals surface area contributed by atoms with Gasteiger partial charge in [0, 0.05) is 29.8 Å². The number of hydrogen-bond acceptors (Lipinski definition) is 4. The first kappa shape index (κ1) is 13.8. The lowest BCUT2D eigenvalue weighted by Gasteiger charge is -2.09. The highest BCUT2D eigenvalue weighted by atomic mass is 31.2. The highest BCUT2D eigenvalue weighted by Gasteiger charge is 2.19. The van der Waals surface area contributed by atoms with Crippen LogP contribution in [-0.2, 0) is 13.6 Å². The fourth-order valence-corrected chi connectivity index (χ4v) is 2.71. The minimum absolute atomic E-state index is 0.297. The van der Waals surface area contributed by atoms with E-state index in [1.165, 1.54) is 0 Å². The van der Waals surface area contributed by atoms with E-state index < -0.39 is 7.60 Å². The molecule has 0 unspecified atom stereocenters. The second kappa shape index (κ2) is 6.03. The van der Waals surface area contributed by atoms with Crippen molar-refractivity contribution in [1.29, 1.82) is 0 Å². The zero-order valence-corrected chi connectivity index (χ0v) is 11.8. The second-order valence-corrected chi connectivity index (χ2v) is 5.41. The average molecular weight is 278 g/mol. The molecule has 0 amide bonds. The van der Waals surface area contributed by atoms with E-state index in [0.717, 1.165) is 11.2 Å². The van der Waals surface area contributed by atoms with Crippen molar-refractivity contribution >= 4 is 13.2 Å². The van der Waals surface area contributed by atoms with Crippen LogP contribution in [0.15, 0.2) is 30.7 Å². The third kappa shape index (κ3) is 3.45. The Morgan fingerprint density at radius 2 is 2.05 bits per heavy atom. The van der Waals surface area contributed by atoms with Crippen LogP contribution in [0.1, 0.15) is 19.4 Å². The molecule has 0 saturated heterocycles. The van der Waals surface area contributed by atoms with Gasteiger partial charge in [-0.15, -0.1) is 0 Å². The molecule has 0 aliphatic carbocycles. The summed E-state index contributed by atoms with van der Waals surface area (Å²) < 4.78 is 24.2. The summed E-state index contributed by atoms with van der Waals surface area (Å²) in [5, 5.41) is 0. The molecule has 6 heteroatoms. The molecular formula is C13H15N2O3P. The Morgan fingerprint density at radius 1 is 1.32 bits per heavy atom. The van der Waals surface area contributed by atoms with Crippen LogP contribution >= 0.6 is 7.60 Å². The molecule has 0 aliphatic rings. The first-order valence-corrected chi connectivity index (χ1v) is 7.56. The van der Waals surface area contributed by atoms with Crippen molar-refractivity contribution < 1.29 is 13.6 Å². The van der Waals surface area contributed by atoms with Crippen molar-refractivity contribution in [1.82, 2.24) is 9.38 Å². The Morgan fingerprint density at radius 3 is 2.74 bits per heavy atom. The number of hydrogen-bond donors (Lipinski definition) is 0. The van der Waals surface area contributed by atoms with E-state index in [2.05, 4.69) is 16.6 Å². The molecule has 19 heavy (non-hydrogen) atoms. The van der Waals surface area contributed by atoms with Gasteiger partial charge in [-0.1, -0.05) is 5.92 Å². The predicted molar refractivity (Wildman–Crippen MR) is 72.9 cm³/mol. The Bertz CT molecular complexity index is 659. The van der Waals surface area contributed by atoms with Crippen LogP contribution in [0.2, 0.25) is 0 Å². The van der Waals surface area contributed by atoms with Crippen molar-refractivity contribution in [3.05, 3.63) is 36.3 Å². The van der Waals surface area contributed by atoms with Gasteiger partial charge >= 0.3 is 7.60 Å². The molecule has 0 N–H and O–H groups in total. The van der Waals surface area contributed by atoms with Crippen molar-refractivity contribution in [2.24, 2.45) is 0 Å². The Kier molecular flexibility index (Phi) is 4.39. The van der Waals surface area contributed by atoms with Gasteiger partial charge in [0.05, 0.1) is 13.2 Å². The number of nitrogens with zero attached hydrogens (tertiary/aromatic N) is 2. The third-order valence-electron chi connectivity index (χ3n) is 2.33. The van der Waals surface area contributed by atoms with Gasteiger partial charge in [-0.05, 0) is 26.0 Å². The molecule has 5 nitrogen and oxygen atoms in total. The van der Waals surface area contributed by atoms with Gasteiger partial charge in [0.25, 0.3) is 0 Å². The van der Waals surface area contributed by atoms with E-state index in [9.17, 15) is 4.57 Å². The van der Waals surface area contributed by atoms with Crippen LogP contribution in [0.25, 0.3) is 5.65 Å². The van der Waals surface area contributed by atoms with Crippen LogP contribution in [-0.4, -0.2) is 22.6 Å². The highest BCUT2D eigenvalue weighted by Crippen LogP contribution is 2.46. The van der Waals surface area contributed by atoms with E-state index in [1.54, 1.807) is 20.0 Å². The number of fused-ring (bicyclic) bond motifs is 1. The van der Waals surface area contributed by atoms with Crippen molar-refractivity contribution in [3.8, 4) is 11.6 Å². The van der Waals surface area contributed by atoms with E-state index in [0.29, 0.717) is 13.2 Å². The average Bonchev–Trinajstić information content (AvgIpc) is 2.84. The van der Waals surface area contributed by atoms with Gasteiger partial charge in [-0.25, -0.2) is 9.55 Å². The molecule has 0 saturated carbocycles. The molecule has 0 spiro atoms. The molecule has 0 radical (unpaired) electrons. The second-order valence-electron chi connectivity index (χ2n) is 3.68. The summed E-state index contributed by atoms with van der Waals surface area (Å²) in [7, 11) is -3.32. The molecular weight excluding hydrogens is 263 g/mol. The van der Waals surface area contributed by atoms with Crippen LogP contribution in [0, 0.1) is 11.6 Å². The molecule has 0 atom stereocenters. The summed E-state index contributed by atoms with van der Waals surface area (Å²) in [6.07, 6.45) is 5.40. The maximum absolute atomic E-state index is 12.2. The third-order valence-corrected chi connectivity index (χ3v) is 3.92. The van der Waals surface area contributed by atoms with E-state index >= 15 is 0 Å². The Labute approximate surface area is 112 Å². The van der Waals surface area contributed by atoms with Gasteiger partial charge in [0.1, 0.15) is 5.65 Å². The van der Waals surface area contributed by atoms with Crippen LogP contribution in [0.5, 0.6) is 0 Å². The molecule has 2 aromatic heterocycles.